The molecule has 0 spiro atoms. The molecular formula is C26H24F3N7O2. The van der Waals surface area contributed by atoms with Crippen molar-refractivity contribution in [2.45, 2.75) is 25.8 Å². The molecule has 4 heterocycles. The normalized spacial score (nSPS) is 15.3. The Morgan fingerprint density at radius 1 is 1.13 bits per heavy atom. The van der Waals surface area contributed by atoms with Gasteiger partial charge in [-0.05, 0) is 55.3 Å². The predicted octanol–water partition coefficient (Wildman–Crippen LogP) is 3.49. The molecule has 1 aromatic carbocycles. The summed E-state index contributed by atoms with van der Waals surface area (Å²) in [5.74, 6) is -1.17. The fourth-order valence-corrected chi connectivity index (χ4v) is 4.35. The number of hydrogen-bond donors (Lipinski definition) is 1. The average Bonchev–Trinajstić information content (AvgIpc) is 3.54. The Morgan fingerprint density at radius 2 is 1.97 bits per heavy atom. The summed E-state index contributed by atoms with van der Waals surface area (Å²) in [6.07, 6.45) is 0.731. The van der Waals surface area contributed by atoms with Crippen LogP contribution in [-0.2, 0) is 0 Å². The van der Waals surface area contributed by atoms with Gasteiger partial charge < -0.3 is 15.1 Å². The minimum atomic E-state index is -2.84. The van der Waals surface area contributed by atoms with Gasteiger partial charge in [0.05, 0.1) is 12.7 Å². The standard InChI is InChI=1S/C26H24F3N7O2/c1-16-5-6-20(30-12-16)25(37)32-18-9-10-34(14-18)24-8-7-23-31-13-21(36(23)33-24)26(38)35(15-22(28)29)19-4-2-3-17(27)11-19/h2-8,11-13,18,22H,9-10,14-15H2,1H3,(H,32,37)/t18-/m0/s1. The van der Waals surface area contributed by atoms with E-state index in [4.69, 9.17) is 0 Å². The van der Waals surface area contributed by atoms with E-state index in [0.29, 0.717) is 36.7 Å². The van der Waals surface area contributed by atoms with Crippen molar-refractivity contribution < 1.29 is 22.8 Å². The second-order valence-corrected chi connectivity index (χ2v) is 9.02. The Hall–Kier alpha value is -4.48. The minimum Gasteiger partial charge on any atom is -0.353 e. The van der Waals surface area contributed by atoms with Crippen LogP contribution in [0.4, 0.5) is 24.7 Å². The SMILES string of the molecule is Cc1ccc(C(=O)N[C@H]2CCN(c3ccc4ncc(C(=O)N(CC(F)F)c5cccc(F)c5)n4n3)C2)nc1. The third kappa shape index (κ3) is 5.29. The fraction of sp³-hybridized carbons (Fsp3) is 0.269. The Balaban J connectivity index is 1.35. The summed E-state index contributed by atoms with van der Waals surface area (Å²) in [7, 11) is 0. The molecule has 1 saturated heterocycles. The van der Waals surface area contributed by atoms with Crippen LogP contribution >= 0.6 is 0 Å². The van der Waals surface area contributed by atoms with Crippen LogP contribution in [0.2, 0.25) is 0 Å². The second kappa shape index (κ2) is 10.5. The maximum absolute atomic E-state index is 13.8. The first-order valence-electron chi connectivity index (χ1n) is 12.0. The van der Waals surface area contributed by atoms with Gasteiger partial charge in [-0.15, -0.1) is 5.10 Å². The topological polar surface area (TPSA) is 95.7 Å². The highest BCUT2D eigenvalue weighted by Crippen LogP contribution is 2.23. The number of aryl methyl sites for hydroxylation is 1. The van der Waals surface area contributed by atoms with Gasteiger partial charge in [0.2, 0.25) is 0 Å². The maximum atomic E-state index is 13.8. The van der Waals surface area contributed by atoms with Crippen LogP contribution in [0.5, 0.6) is 0 Å². The van der Waals surface area contributed by atoms with Gasteiger partial charge in [0.15, 0.2) is 11.3 Å². The van der Waals surface area contributed by atoms with E-state index in [1.165, 1.54) is 28.9 Å². The molecule has 2 amide bonds. The molecule has 1 atom stereocenters. The Morgan fingerprint density at radius 3 is 2.71 bits per heavy atom. The number of alkyl halides is 2. The van der Waals surface area contributed by atoms with E-state index in [1.54, 1.807) is 24.4 Å². The number of hydrogen-bond acceptors (Lipinski definition) is 6. The Labute approximate surface area is 215 Å². The van der Waals surface area contributed by atoms with Gasteiger partial charge in [-0.3, -0.25) is 14.6 Å². The molecule has 0 unspecified atom stereocenters. The molecule has 0 saturated carbocycles. The van der Waals surface area contributed by atoms with Gasteiger partial charge >= 0.3 is 0 Å². The molecule has 0 aliphatic carbocycles. The van der Waals surface area contributed by atoms with Crippen LogP contribution in [0, 0.1) is 12.7 Å². The quantitative estimate of drug-likeness (QED) is 0.399. The highest BCUT2D eigenvalue weighted by atomic mass is 19.3. The molecule has 1 fully saturated rings. The number of carbonyl (C=O) groups is 2. The molecule has 4 aromatic rings. The Bertz CT molecular complexity index is 1480. The first kappa shape index (κ1) is 25.2. The third-order valence-electron chi connectivity index (χ3n) is 6.24. The molecule has 196 valence electrons. The van der Waals surface area contributed by atoms with Gasteiger partial charge in [0, 0.05) is 31.0 Å². The number of fused-ring (bicyclic) bond motifs is 1. The predicted molar refractivity (Wildman–Crippen MR) is 134 cm³/mol. The number of rotatable bonds is 7. The van der Waals surface area contributed by atoms with E-state index in [-0.39, 0.29) is 23.3 Å². The van der Waals surface area contributed by atoms with Gasteiger partial charge in [-0.2, -0.15) is 0 Å². The highest BCUT2D eigenvalue weighted by Gasteiger charge is 2.28. The van der Waals surface area contributed by atoms with Crippen LogP contribution < -0.4 is 15.1 Å². The molecule has 1 N–H and O–H groups in total. The van der Waals surface area contributed by atoms with Crippen molar-refractivity contribution in [1.82, 2.24) is 24.9 Å². The van der Waals surface area contributed by atoms with E-state index in [0.717, 1.165) is 16.5 Å². The summed E-state index contributed by atoms with van der Waals surface area (Å²) < 4.78 is 41.8. The zero-order valence-electron chi connectivity index (χ0n) is 20.4. The number of pyridine rings is 1. The third-order valence-corrected chi connectivity index (χ3v) is 6.24. The van der Waals surface area contributed by atoms with E-state index < -0.39 is 24.7 Å². The average molecular weight is 524 g/mol. The number of carbonyl (C=O) groups excluding carboxylic acids is 2. The van der Waals surface area contributed by atoms with Crippen molar-refractivity contribution in [1.29, 1.82) is 0 Å². The first-order chi connectivity index (χ1) is 18.3. The van der Waals surface area contributed by atoms with Crippen molar-refractivity contribution in [2.24, 2.45) is 0 Å². The zero-order chi connectivity index (χ0) is 26.8. The number of benzene rings is 1. The van der Waals surface area contributed by atoms with Crippen molar-refractivity contribution in [2.75, 3.05) is 29.4 Å². The van der Waals surface area contributed by atoms with E-state index in [1.807, 2.05) is 17.9 Å². The largest absolute Gasteiger partial charge is 0.353 e. The molecule has 12 heteroatoms. The van der Waals surface area contributed by atoms with Gasteiger partial charge in [-0.1, -0.05) is 12.1 Å². The van der Waals surface area contributed by atoms with E-state index in [9.17, 15) is 22.8 Å². The number of amides is 2. The molecule has 0 radical (unpaired) electrons. The lowest BCUT2D eigenvalue weighted by Crippen LogP contribution is -2.37. The van der Waals surface area contributed by atoms with Gasteiger partial charge in [0.25, 0.3) is 18.2 Å². The van der Waals surface area contributed by atoms with Crippen LogP contribution in [0.3, 0.4) is 0 Å². The lowest BCUT2D eigenvalue weighted by molar-refractivity contribution is 0.0930. The zero-order valence-corrected chi connectivity index (χ0v) is 20.4. The van der Waals surface area contributed by atoms with Crippen LogP contribution in [-0.4, -0.2) is 63.5 Å². The summed E-state index contributed by atoms with van der Waals surface area (Å²) in [6.45, 7) is 2.06. The number of nitrogens with zero attached hydrogens (tertiary/aromatic N) is 6. The monoisotopic (exact) mass is 523 g/mol. The molecule has 9 nitrogen and oxygen atoms in total. The van der Waals surface area contributed by atoms with Crippen LogP contribution in [0.25, 0.3) is 5.65 Å². The maximum Gasteiger partial charge on any atom is 0.278 e. The first-order valence-corrected chi connectivity index (χ1v) is 12.0. The van der Waals surface area contributed by atoms with Crippen molar-refractivity contribution >= 4 is 29.0 Å². The van der Waals surface area contributed by atoms with Gasteiger partial charge in [0.1, 0.15) is 17.3 Å². The molecule has 0 bridgehead atoms. The highest BCUT2D eigenvalue weighted by molar-refractivity contribution is 6.05. The molecular weight excluding hydrogens is 499 g/mol. The van der Waals surface area contributed by atoms with Crippen LogP contribution in [0.15, 0.2) is 60.9 Å². The summed E-state index contributed by atoms with van der Waals surface area (Å²) in [5, 5.41) is 7.52. The number of aromatic nitrogens is 4. The second-order valence-electron chi connectivity index (χ2n) is 9.02. The molecule has 1 aliphatic rings. The number of nitrogens with one attached hydrogen (secondary N) is 1. The smallest absolute Gasteiger partial charge is 0.278 e. The summed E-state index contributed by atoms with van der Waals surface area (Å²) >= 11 is 0. The minimum absolute atomic E-state index is 0.00240. The lowest BCUT2D eigenvalue weighted by Gasteiger charge is -2.22. The molecule has 38 heavy (non-hydrogen) atoms. The van der Waals surface area contributed by atoms with Crippen molar-refractivity contribution in [3.8, 4) is 0 Å². The summed E-state index contributed by atoms with van der Waals surface area (Å²) in [4.78, 5) is 37.0. The number of anilines is 2. The molecule has 5 rings (SSSR count). The summed E-state index contributed by atoms with van der Waals surface area (Å²) in [5.41, 5.74) is 1.61. The van der Waals surface area contributed by atoms with Crippen molar-refractivity contribution in [3.05, 3.63) is 83.7 Å². The van der Waals surface area contributed by atoms with E-state index >= 15 is 0 Å². The lowest BCUT2D eigenvalue weighted by atomic mass is 10.2. The fourth-order valence-electron chi connectivity index (χ4n) is 4.35. The van der Waals surface area contributed by atoms with Gasteiger partial charge in [-0.25, -0.2) is 22.7 Å². The number of halogens is 3. The van der Waals surface area contributed by atoms with Crippen LogP contribution in [0.1, 0.15) is 33.0 Å². The Kier molecular flexibility index (Phi) is 6.95. The van der Waals surface area contributed by atoms with Crippen molar-refractivity contribution in [3.63, 3.8) is 0 Å². The summed E-state index contributed by atoms with van der Waals surface area (Å²) in [6, 6.07) is 11.7. The molecule has 3 aromatic heterocycles. The van der Waals surface area contributed by atoms with E-state index in [2.05, 4.69) is 20.4 Å². The molecule has 1 aliphatic heterocycles. The number of imidazole rings is 1.